The van der Waals surface area contributed by atoms with Gasteiger partial charge in [0.15, 0.2) is 5.75 Å². The molecule has 1 N–H and O–H groups in total. The first-order valence-electron chi connectivity index (χ1n) is 5.63. The van der Waals surface area contributed by atoms with Gasteiger partial charge in [-0.05, 0) is 29.5 Å². The molecule has 6 heteroatoms. The average Bonchev–Trinajstić information content (AvgIpc) is 2.35. The number of hydroxylamine groups is 1. The molecule has 2 aromatic rings. The lowest BCUT2D eigenvalue weighted by atomic mass is 10.0. The summed E-state index contributed by atoms with van der Waals surface area (Å²) in [5, 5.41) is 0.974. The molecule has 0 bridgehead atoms. The number of benzene rings is 2. The number of alkyl halides is 3. The van der Waals surface area contributed by atoms with Crippen molar-refractivity contribution < 1.29 is 22.4 Å². The largest absolute Gasteiger partial charge is 0.489 e. The minimum Gasteiger partial charge on any atom is -0.400 e. The summed E-state index contributed by atoms with van der Waals surface area (Å²) in [5.74, 6) is -0.510. The van der Waals surface area contributed by atoms with Gasteiger partial charge in [0.05, 0.1) is 0 Å². The van der Waals surface area contributed by atoms with E-state index in [0.29, 0.717) is 22.8 Å². The molecule has 0 saturated carbocycles. The van der Waals surface area contributed by atoms with E-state index in [1.54, 1.807) is 19.1 Å². The first-order chi connectivity index (χ1) is 8.92. The summed E-state index contributed by atoms with van der Waals surface area (Å²) in [6.07, 6.45) is -4.31. The first-order valence-corrected chi connectivity index (χ1v) is 5.63. The van der Waals surface area contributed by atoms with Crippen LogP contribution in [0.1, 0.15) is 12.5 Å². The molecular formula is C13H11F4NO. The van der Waals surface area contributed by atoms with Gasteiger partial charge in [-0.3, -0.25) is 0 Å². The molecule has 0 aromatic heterocycles. The lowest BCUT2D eigenvalue weighted by Gasteiger charge is -2.14. The third-order valence-electron chi connectivity index (χ3n) is 2.69. The Balaban J connectivity index is 2.51. The summed E-state index contributed by atoms with van der Waals surface area (Å²) in [6, 6.07) is 7.40. The minimum absolute atomic E-state index is 0.0498. The monoisotopic (exact) mass is 273 g/mol. The van der Waals surface area contributed by atoms with Crippen LogP contribution in [0, 0.1) is 5.82 Å². The zero-order valence-electron chi connectivity index (χ0n) is 10.0. The van der Waals surface area contributed by atoms with Gasteiger partial charge in [0.25, 0.3) is 0 Å². The predicted molar refractivity (Wildman–Crippen MR) is 63.1 cm³/mol. The molecule has 2 aromatic carbocycles. The normalized spacial score (nSPS) is 11.8. The standard InChI is InChI=1S/C13H11F4NO/c1-2-9-10(14)7-6-8-4-3-5-11(12(8)9)19-18-13(15,16)17/h3-7,18H,2H2,1H3. The van der Waals surface area contributed by atoms with Crippen LogP contribution in [0.25, 0.3) is 10.8 Å². The van der Waals surface area contributed by atoms with Crippen molar-refractivity contribution in [2.75, 3.05) is 0 Å². The van der Waals surface area contributed by atoms with Crippen molar-refractivity contribution in [1.29, 1.82) is 0 Å². The van der Waals surface area contributed by atoms with Gasteiger partial charge < -0.3 is 4.84 Å². The highest BCUT2D eigenvalue weighted by molar-refractivity contribution is 5.91. The molecule has 0 atom stereocenters. The van der Waals surface area contributed by atoms with Crippen molar-refractivity contribution in [3.63, 3.8) is 0 Å². The molecular weight excluding hydrogens is 262 g/mol. The number of fused-ring (bicyclic) bond motifs is 1. The Morgan fingerprint density at radius 1 is 1.16 bits per heavy atom. The number of halogens is 4. The van der Waals surface area contributed by atoms with E-state index in [2.05, 4.69) is 4.84 Å². The number of hydrogen-bond acceptors (Lipinski definition) is 2. The Bertz CT molecular complexity index is 595. The van der Waals surface area contributed by atoms with Crippen molar-refractivity contribution in [3.05, 3.63) is 41.7 Å². The fourth-order valence-electron chi connectivity index (χ4n) is 1.94. The van der Waals surface area contributed by atoms with Crippen LogP contribution in [0.5, 0.6) is 5.75 Å². The van der Waals surface area contributed by atoms with Gasteiger partial charge in [0, 0.05) is 5.39 Å². The predicted octanol–water partition coefficient (Wildman–Crippen LogP) is 3.94. The van der Waals surface area contributed by atoms with E-state index in [9.17, 15) is 17.6 Å². The summed E-state index contributed by atoms with van der Waals surface area (Å²) in [7, 11) is 0. The molecule has 19 heavy (non-hydrogen) atoms. The zero-order chi connectivity index (χ0) is 14.0. The maximum Gasteiger partial charge on any atom is 0.489 e. The van der Waals surface area contributed by atoms with Gasteiger partial charge in [0.1, 0.15) is 5.82 Å². The van der Waals surface area contributed by atoms with Crippen LogP contribution < -0.4 is 10.3 Å². The molecule has 0 saturated heterocycles. The molecule has 0 fully saturated rings. The van der Waals surface area contributed by atoms with Gasteiger partial charge in [-0.15, -0.1) is 0 Å². The van der Waals surface area contributed by atoms with Crippen molar-refractivity contribution in [2.45, 2.75) is 19.6 Å². The number of hydrogen-bond donors (Lipinski definition) is 1. The van der Waals surface area contributed by atoms with Crippen molar-refractivity contribution >= 4 is 10.8 Å². The fraction of sp³-hybridized carbons (Fsp3) is 0.231. The second-order valence-corrected chi connectivity index (χ2v) is 3.94. The lowest BCUT2D eigenvalue weighted by Crippen LogP contribution is -2.34. The molecule has 0 spiro atoms. The van der Waals surface area contributed by atoms with Gasteiger partial charge in [-0.25, -0.2) is 4.39 Å². The average molecular weight is 273 g/mol. The topological polar surface area (TPSA) is 21.3 Å². The van der Waals surface area contributed by atoms with Crippen molar-refractivity contribution in [2.24, 2.45) is 0 Å². The van der Waals surface area contributed by atoms with E-state index in [0.717, 1.165) is 5.48 Å². The summed E-state index contributed by atoms with van der Waals surface area (Å²) in [5.41, 5.74) is 1.31. The van der Waals surface area contributed by atoms with E-state index in [1.807, 2.05) is 0 Å². The lowest BCUT2D eigenvalue weighted by molar-refractivity contribution is -0.210. The molecule has 2 rings (SSSR count). The Kier molecular flexibility index (Phi) is 3.61. The van der Waals surface area contributed by atoms with E-state index in [4.69, 9.17) is 0 Å². The van der Waals surface area contributed by atoms with Crippen LogP contribution in [-0.2, 0) is 6.42 Å². The van der Waals surface area contributed by atoms with Crippen molar-refractivity contribution in [1.82, 2.24) is 5.48 Å². The van der Waals surface area contributed by atoms with Gasteiger partial charge in [-0.2, -0.15) is 13.2 Å². The number of aryl methyl sites for hydroxylation is 1. The number of nitrogens with one attached hydrogen (secondary N) is 1. The van der Waals surface area contributed by atoms with Crippen molar-refractivity contribution in [3.8, 4) is 5.75 Å². The highest BCUT2D eigenvalue weighted by atomic mass is 19.4. The zero-order valence-corrected chi connectivity index (χ0v) is 10.0. The van der Waals surface area contributed by atoms with E-state index in [1.165, 1.54) is 18.2 Å². The Labute approximate surface area is 106 Å². The Morgan fingerprint density at radius 3 is 2.53 bits per heavy atom. The van der Waals surface area contributed by atoms with Gasteiger partial charge >= 0.3 is 6.30 Å². The smallest absolute Gasteiger partial charge is 0.400 e. The molecule has 0 aliphatic heterocycles. The minimum atomic E-state index is -4.66. The third kappa shape index (κ3) is 2.96. The summed E-state index contributed by atoms with van der Waals surface area (Å²) in [6.45, 7) is 1.73. The van der Waals surface area contributed by atoms with Gasteiger partial charge in [0.2, 0.25) is 0 Å². The van der Waals surface area contributed by atoms with Crippen LogP contribution >= 0.6 is 0 Å². The maximum atomic E-state index is 13.7. The van der Waals surface area contributed by atoms with Crippen LogP contribution in [0.4, 0.5) is 17.6 Å². The molecule has 0 radical (unpaired) electrons. The molecule has 0 aliphatic rings. The van der Waals surface area contributed by atoms with Crippen LogP contribution in [0.2, 0.25) is 0 Å². The first kappa shape index (κ1) is 13.6. The molecule has 0 aliphatic carbocycles. The molecule has 0 heterocycles. The molecule has 0 unspecified atom stereocenters. The highest BCUT2D eigenvalue weighted by Gasteiger charge is 2.28. The highest BCUT2D eigenvalue weighted by Crippen LogP contribution is 2.31. The van der Waals surface area contributed by atoms with E-state index >= 15 is 0 Å². The van der Waals surface area contributed by atoms with Crippen LogP contribution in [0.15, 0.2) is 30.3 Å². The summed E-state index contributed by atoms with van der Waals surface area (Å²) >= 11 is 0. The number of rotatable bonds is 3. The quantitative estimate of drug-likeness (QED) is 0.519. The van der Waals surface area contributed by atoms with Gasteiger partial charge in [-0.1, -0.05) is 30.6 Å². The molecule has 0 amide bonds. The van der Waals surface area contributed by atoms with E-state index < -0.39 is 12.1 Å². The van der Waals surface area contributed by atoms with Crippen LogP contribution in [0.3, 0.4) is 0 Å². The third-order valence-corrected chi connectivity index (χ3v) is 2.69. The second kappa shape index (κ2) is 5.05. The Morgan fingerprint density at radius 2 is 1.89 bits per heavy atom. The summed E-state index contributed by atoms with van der Waals surface area (Å²) < 4.78 is 50.0. The molecule has 102 valence electrons. The van der Waals surface area contributed by atoms with Crippen LogP contribution in [-0.4, -0.2) is 6.30 Å². The summed E-state index contributed by atoms with van der Waals surface area (Å²) in [4.78, 5) is 4.54. The SMILES string of the molecule is CCc1c(F)ccc2cccc(ONC(F)(F)F)c12. The second-order valence-electron chi connectivity index (χ2n) is 3.94. The van der Waals surface area contributed by atoms with E-state index in [-0.39, 0.29) is 5.75 Å². The Hall–Kier alpha value is -1.82. The molecule has 2 nitrogen and oxygen atoms in total. The fourth-order valence-corrected chi connectivity index (χ4v) is 1.94. The maximum absolute atomic E-state index is 13.7.